The molecule has 0 aliphatic heterocycles. The van der Waals surface area contributed by atoms with Gasteiger partial charge in [0.1, 0.15) is 17.3 Å². The van der Waals surface area contributed by atoms with Crippen molar-refractivity contribution in [1.82, 2.24) is 20.5 Å². The molecule has 0 aliphatic rings. The molecule has 148 valence electrons. The number of carbonyl (C=O) groups is 1. The molecule has 0 radical (unpaired) electrons. The van der Waals surface area contributed by atoms with E-state index in [0.717, 1.165) is 5.01 Å². The van der Waals surface area contributed by atoms with Crippen molar-refractivity contribution < 1.29 is 19.1 Å². The van der Waals surface area contributed by atoms with Gasteiger partial charge in [0.15, 0.2) is 9.86 Å². The van der Waals surface area contributed by atoms with E-state index >= 15 is 0 Å². The summed E-state index contributed by atoms with van der Waals surface area (Å²) in [5.41, 5.74) is 0.267. The van der Waals surface area contributed by atoms with Gasteiger partial charge in [-0.15, -0.1) is 10.2 Å². The van der Waals surface area contributed by atoms with Crippen molar-refractivity contribution in [2.45, 2.75) is 35.9 Å². The molecule has 1 N–H and O–H groups in total. The van der Waals surface area contributed by atoms with Crippen LogP contribution in [0.2, 0.25) is 0 Å². The van der Waals surface area contributed by atoms with Gasteiger partial charge in [0, 0.05) is 17.9 Å². The minimum atomic E-state index is -0.554. The van der Waals surface area contributed by atoms with Gasteiger partial charge >= 0.3 is 11.7 Å². The quantitative estimate of drug-likeness (QED) is 0.234. The number of hydrogen-bond donors (Lipinski definition) is 1. The number of hydrogen-bond acceptors (Lipinski definition) is 12. The summed E-state index contributed by atoms with van der Waals surface area (Å²) in [5.74, 6) is -0.308. The maximum atomic E-state index is 11.6. The highest BCUT2D eigenvalue weighted by Gasteiger charge is 2.26. The fourth-order valence-corrected chi connectivity index (χ4v) is 4.23. The minimum absolute atomic E-state index is 0.0294. The van der Waals surface area contributed by atoms with Crippen LogP contribution < -0.4 is 5.32 Å². The van der Waals surface area contributed by atoms with Gasteiger partial charge in [-0.3, -0.25) is 14.9 Å². The van der Waals surface area contributed by atoms with E-state index in [1.54, 1.807) is 6.07 Å². The highest BCUT2D eigenvalue weighted by molar-refractivity contribution is 8.01. The first-order chi connectivity index (χ1) is 13.5. The maximum Gasteiger partial charge on any atom is 0.323 e. The highest BCUT2D eigenvalue weighted by Crippen LogP contribution is 2.41. The summed E-state index contributed by atoms with van der Waals surface area (Å²) in [7, 11) is 0. The molecular formula is C15H16N6O5S2. The summed E-state index contributed by atoms with van der Waals surface area (Å²) in [6.45, 7) is 4.00. The van der Waals surface area contributed by atoms with Crippen LogP contribution in [0.1, 0.15) is 24.8 Å². The van der Waals surface area contributed by atoms with Gasteiger partial charge < -0.3 is 10.1 Å². The van der Waals surface area contributed by atoms with Crippen LogP contribution in [0.3, 0.4) is 0 Å². The van der Waals surface area contributed by atoms with Crippen molar-refractivity contribution in [2.24, 2.45) is 0 Å². The van der Waals surface area contributed by atoms with Crippen LogP contribution in [-0.4, -0.2) is 44.6 Å². The highest BCUT2D eigenvalue weighted by atomic mass is 32.2. The number of ether oxygens (including phenoxy) is 1. The molecule has 3 rings (SSSR count). The van der Waals surface area contributed by atoms with Crippen LogP contribution in [0.4, 0.5) is 11.4 Å². The molecule has 28 heavy (non-hydrogen) atoms. The number of carbonyl (C=O) groups excluding carboxylic acids is 1. The van der Waals surface area contributed by atoms with Crippen LogP contribution in [0.25, 0.3) is 11.0 Å². The zero-order valence-electron chi connectivity index (χ0n) is 15.0. The number of aryl methyl sites for hydroxylation is 1. The summed E-state index contributed by atoms with van der Waals surface area (Å²) in [5, 5.41) is 30.8. The Balaban J connectivity index is 1.86. The standard InChI is InChI=1S/C15H16N6O5S2/c1-3-4-11(22)25-6-5-16-9-7-10(28-15-18-17-8(2)27-15)12-13(20-26-19-12)14(9)21(23)24/h7,16H,3-6H2,1-2H3. The smallest absolute Gasteiger partial charge is 0.323 e. The van der Waals surface area contributed by atoms with Crippen LogP contribution in [0.15, 0.2) is 19.9 Å². The number of rotatable bonds is 9. The van der Waals surface area contributed by atoms with E-state index in [2.05, 4.69) is 25.8 Å². The maximum absolute atomic E-state index is 11.6. The molecule has 0 fully saturated rings. The summed E-state index contributed by atoms with van der Waals surface area (Å²) in [6.07, 6.45) is 1.03. The Bertz CT molecular complexity index is 1000. The summed E-state index contributed by atoms with van der Waals surface area (Å²) < 4.78 is 10.5. The molecule has 0 saturated heterocycles. The molecule has 13 heteroatoms. The number of nitro groups is 1. The van der Waals surface area contributed by atoms with Crippen LogP contribution in [0.5, 0.6) is 0 Å². The number of benzene rings is 1. The molecule has 0 amide bonds. The zero-order chi connectivity index (χ0) is 20.1. The normalized spacial score (nSPS) is 10.9. The molecule has 0 aliphatic carbocycles. The van der Waals surface area contributed by atoms with E-state index in [0.29, 0.717) is 22.1 Å². The molecule has 0 bridgehead atoms. The van der Waals surface area contributed by atoms with Crippen LogP contribution >= 0.6 is 23.1 Å². The number of nitrogens with one attached hydrogen (secondary N) is 1. The first-order valence-electron chi connectivity index (χ1n) is 8.30. The fraction of sp³-hybridized carbons (Fsp3) is 0.400. The largest absolute Gasteiger partial charge is 0.464 e. The van der Waals surface area contributed by atoms with Crippen LogP contribution in [-0.2, 0) is 9.53 Å². The molecule has 0 saturated carbocycles. The van der Waals surface area contributed by atoms with Gasteiger partial charge in [-0.1, -0.05) is 30.0 Å². The van der Waals surface area contributed by atoms with Crippen molar-refractivity contribution in [2.75, 3.05) is 18.5 Å². The van der Waals surface area contributed by atoms with Crippen molar-refractivity contribution in [3.05, 3.63) is 21.2 Å². The lowest BCUT2D eigenvalue weighted by atomic mass is 10.2. The van der Waals surface area contributed by atoms with Crippen molar-refractivity contribution in [3.63, 3.8) is 0 Å². The molecule has 2 aromatic heterocycles. The van der Waals surface area contributed by atoms with E-state index in [9.17, 15) is 14.9 Å². The average molecular weight is 424 g/mol. The number of anilines is 1. The Hall–Kier alpha value is -2.80. The van der Waals surface area contributed by atoms with Crippen LogP contribution in [0, 0.1) is 17.0 Å². The first kappa shape index (κ1) is 19.9. The fourth-order valence-electron chi connectivity index (χ4n) is 2.34. The van der Waals surface area contributed by atoms with Crippen molar-refractivity contribution in [3.8, 4) is 0 Å². The lowest BCUT2D eigenvalue weighted by Crippen LogP contribution is -2.14. The van der Waals surface area contributed by atoms with Gasteiger partial charge in [-0.25, -0.2) is 4.63 Å². The zero-order valence-corrected chi connectivity index (χ0v) is 16.6. The van der Waals surface area contributed by atoms with Gasteiger partial charge in [0.2, 0.25) is 5.52 Å². The number of esters is 1. The van der Waals surface area contributed by atoms with E-state index in [1.807, 2.05) is 13.8 Å². The van der Waals surface area contributed by atoms with Crippen molar-refractivity contribution in [1.29, 1.82) is 0 Å². The summed E-state index contributed by atoms with van der Waals surface area (Å²) >= 11 is 2.65. The van der Waals surface area contributed by atoms with E-state index in [4.69, 9.17) is 9.37 Å². The molecule has 3 aromatic rings. The molecule has 1 aromatic carbocycles. The molecular weight excluding hydrogens is 408 g/mol. The molecule has 0 spiro atoms. The topological polar surface area (TPSA) is 146 Å². The average Bonchev–Trinajstić information content (AvgIpc) is 3.28. The minimum Gasteiger partial charge on any atom is -0.464 e. The Morgan fingerprint density at radius 3 is 2.86 bits per heavy atom. The third-order valence-electron chi connectivity index (χ3n) is 3.50. The van der Waals surface area contributed by atoms with E-state index in [1.165, 1.54) is 23.1 Å². The number of nitro benzene ring substituents is 1. The van der Waals surface area contributed by atoms with Gasteiger partial charge in [0.25, 0.3) is 0 Å². The monoisotopic (exact) mass is 424 g/mol. The molecule has 2 heterocycles. The molecule has 0 atom stereocenters. The lowest BCUT2D eigenvalue weighted by Gasteiger charge is -2.09. The van der Waals surface area contributed by atoms with E-state index < -0.39 is 4.92 Å². The second-order valence-electron chi connectivity index (χ2n) is 5.58. The molecule has 0 unspecified atom stereocenters. The predicted octanol–water partition coefficient (Wildman–Crippen LogP) is 3.20. The first-order valence-corrected chi connectivity index (χ1v) is 9.94. The second-order valence-corrected chi connectivity index (χ2v) is 8.05. The van der Waals surface area contributed by atoms with Crippen molar-refractivity contribution >= 4 is 51.5 Å². The van der Waals surface area contributed by atoms with Gasteiger partial charge in [0.05, 0.1) is 4.92 Å². The van der Waals surface area contributed by atoms with Gasteiger partial charge in [-0.05, 0) is 29.7 Å². The Morgan fingerprint density at radius 1 is 1.39 bits per heavy atom. The Labute approximate surface area is 167 Å². The van der Waals surface area contributed by atoms with E-state index in [-0.39, 0.29) is 41.5 Å². The third-order valence-corrected chi connectivity index (χ3v) is 5.42. The number of nitrogens with zero attached hydrogens (tertiary/aromatic N) is 5. The summed E-state index contributed by atoms with van der Waals surface area (Å²) in [4.78, 5) is 23.0. The summed E-state index contributed by atoms with van der Waals surface area (Å²) in [6, 6.07) is 1.58. The Morgan fingerprint density at radius 2 is 2.18 bits per heavy atom. The lowest BCUT2D eigenvalue weighted by molar-refractivity contribution is -0.382. The van der Waals surface area contributed by atoms with Gasteiger partial charge in [-0.2, -0.15) is 0 Å². The number of fused-ring (bicyclic) bond motifs is 1. The molecule has 11 nitrogen and oxygen atoms in total. The second kappa shape index (κ2) is 8.93. The predicted molar refractivity (Wildman–Crippen MR) is 102 cm³/mol. The SMILES string of the molecule is CCCC(=O)OCCNc1cc(Sc2nnc(C)s2)c2nonc2c1[N+](=O)[O-]. The number of aromatic nitrogens is 4. The third kappa shape index (κ3) is 4.54. The Kier molecular flexibility index (Phi) is 6.36.